The maximum Gasteiger partial charge on any atom is 0.306 e. The Labute approximate surface area is 138 Å². The molecule has 0 saturated carbocycles. The van der Waals surface area contributed by atoms with Crippen LogP contribution >= 0.6 is 0 Å². The highest BCUT2D eigenvalue weighted by molar-refractivity contribution is 5.87. The highest BCUT2D eigenvalue weighted by Crippen LogP contribution is 2.43. The first-order valence-corrected chi connectivity index (χ1v) is 7.94. The highest BCUT2D eigenvalue weighted by Gasteiger charge is 2.42. The van der Waals surface area contributed by atoms with Gasteiger partial charge in [0.25, 0.3) is 0 Å². The average Bonchev–Trinajstić information content (AvgIpc) is 2.93. The zero-order valence-corrected chi connectivity index (χ0v) is 13.4. The molecule has 1 unspecified atom stereocenters. The van der Waals surface area contributed by atoms with Gasteiger partial charge in [0.1, 0.15) is 17.2 Å². The van der Waals surface area contributed by atoms with E-state index in [1.54, 1.807) is 0 Å². The average molecular weight is 335 g/mol. The van der Waals surface area contributed by atoms with Crippen LogP contribution in [0.15, 0.2) is 24.3 Å². The van der Waals surface area contributed by atoms with Crippen molar-refractivity contribution in [1.82, 2.24) is 4.98 Å². The first kappa shape index (κ1) is 16.6. The van der Waals surface area contributed by atoms with Crippen molar-refractivity contribution in [3.05, 3.63) is 47.2 Å². The lowest BCUT2D eigenvalue weighted by Gasteiger charge is -2.36. The van der Waals surface area contributed by atoms with Crippen molar-refractivity contribution in [2.24, 2.45) is 0 Å². The molecule has 0 bridgehead atoms. The Morgan fingerprint density at radius 3 is 2.88 bits per heavy atom. The number of carboxylic acid groups (broad SMARTS) is 1. The van der Waals surface area contributed by atoms with Crippen molar-refractivity contribution in [2.45, 2.75) is 38.2 Å². The molecule has 1 aliphatic rings. The summed E-state index contributed by atoms with van der Waals surface area (Å²) in [6.45, 7) is 2.16. The van der Waals surface area contributed by atoms with Crippen molar-refractivity contribution >= 4 is 16.9 Å². The molecule has 2 aromatic rings. The van der Waals surface area contributed by atoms with Crippen molar-refractivity contribution < 1.29 is 23.4 Å². The number of hydrogen-bond donors (Lipinski definition) is 2. The van der Waals surface area contributed by atoms with Crippen LogP contribution in [-0.4, -0.2) is 22.7 Å². The van der Waals surface area contributed by atoms with Crippen LogP contribution in [0, 0.1) is 11.6 Å². The number of nitrogens with one attached hydrogen (secondary N) is 1. The van der Waals surface area contributed by atoms with Crippen LogP contribution in [0.2, 0.25) is 0 Å². The number of halogens is 2. The number of aromatic amines is 1. The van der Waals surface area contributed by atoms with Crippen molar-refractivity contribution in [3.8, 4) is 0 Å². The molecule has 0 fully saturated rings. The van der Waals surface area contributed by atoms with Gasteiger partial charge in [-0.3, -0.25) is 4.79 Å². The third-order valence-electron chi connectivity index (χ3n) is 4.53. The maximum atomic E-state index is 14.3. The molecule has 1 aromatic heterocycles. The molecule has 0 spiro atoms. The van der Waals surface area contributed by atoms with Gasteiger partial charge in [-0.1, -0.05) is 12.2 Å². The molecule has 3 rings (SSSR count). The van der Waals surface area contributed by atoms with Gasteiger partial charge in [-0.15, -0.1) is 0 Å². The SMILES string of the molecule is CC=CCCC1(CC(=O)O)OCCc2c1[nH]c1c(F)ccc(F)c21. The normalized spacial score (nSPS) is 20.6. The number of benzene rings is 1. The number of allylic oxidation sites excluding steroid dienone is 2. The van der Waals surface area contributed by atoms with Crippen LogP contribution in [0.1, 0.15) is 37.4 Å². The topological polar surface area (TPSA) is 62.3 Å². The zero-order chi connectivity index (χ0) is 17.3. The van der Waals surface area contributed by atoms with E-state index in [-0.39, 0.29) is 23.9 Å². The molecule has 1 aromatic carbocycles. The van der Waals surface area contributed by atoms with Crippen LogP contribution in [0.5, 0.6) is 0 Å². The molecule has 1 atom stereocenters. The number of hydrogen-bond acceptors (Lipinski definition) is 2. The largest absolute Gasteiger partial charge is 0.481 e. The van der Waals surface area contributed by atoms with Gasteiger partial charge in [0.15, 0.2) is 0 Å². The Kier molecular flexibility index (Phi) is 4.41. The summed E-state index contributed by atoms with van der Waals surface area (Å²) >= 11 is 0. The number of ether oxygens (including phenoxy) is 1. The van der Waals surface area contributed by atoms with Gasteiger partial charge in [-0.05, 0) is 43.9 Å². The molecular weight excluding hydrogens is 316 g/mol. The summed E-state index contributed by atoms with van der Waals surface area (Å²) in [5, 5.41) is 9.54. The van der Waals surface area contributed by atoms with E-state index < -0.39 is 23.2 Å². The minimum Gasteiger partial charge on any atom is -0.481 e. The summed E-state index contributed by atoms with van der Waals surface area (Å²) in [5.41, 5.74) is 0.0810. The van der Waals surface area contributed by atoms with E-state index >= 15 is 0 Å². The molecule has 0 amide bonds. The smallest absolute Gasteiger partial charge is 0.306 e. The summed E-state index contributed by atoms with van der Waals surface area (Å²) in [6, 6.07) is 2.17. The lowest BCUT2D eigenvalue weighted by molar-refractivity contribution is -0.149. The van der Waals surface area contributed by atoms with E-state index in [9.17, 15) is 18.7 Å². The standard InChI is InChI=1S/C18H19F2NO3/c1-2-3-4-8-18(10-14(22)23)17-11(7-9-24-18)15-12(19)5-6-13(20)16(15)21-17/h2-3,5-6,21H,4,7-10H2,1H3,(H,22,23). The molecular formula is C18H19F2NO3. The molecule has 128 valence electrons. The van der Waals surface area contributed by atoms with Crippen molar-refractivity contribution in [1.29, 1.82) is 0 Å². The van der Waals surface area contributed by atoms with Crippen molar-refractivity contribution in [2.75, 3.05) is 6.61 Å². The van der Waals surface area contributed by atoms with Crippen LogP contribution < -0.4 is 0 Å². The van der Waals surface area contributed by atoms with Gasteiger partial charge in [0.05, 0.1) is 24.2 Å². The van der Waals surface area contributed by atoms with Gasteiger partial charge in [-0.25, -0.2) is 8.78 Å². The fourth-order valence-electron chi connectivity index (χ4n) is 3.51. The number of rotatable bonds is 5. The van der Waals surface area contributed by atoms with Gasteiger partial charge in [-0.2, -0.15) is 0 Å². The summed E-state index contributed by atoms with van der Waals surface area (Å²) in [6.07, 6.45) is 5.00. The Bertz CT molecular complexity index is 812. The lowest BCUT2D eigenvalue weighted by atomic mass is 9.84. The predicted molar refractivity (Wildman–Crippen MR) is 85.8 cm³/mol. The molecule has 24 heavy (non-hydrogen) atoms. The number of fused-ring (bicyclic) bond motifs is 3. The third kappa shape index (κ3) is 2.71. The van der Waals surface area contributed by atoms with Crippen LogP contribution in [0.4, 0.5) is 8.78 Å². The summed E-state index contributed by atoms with van der Waals surface area (Å²) in [5.74, 6) is -2.08. The fourth-order valence-corrected chi connectivity index (χ4v) is 3.51. The van der Waals surface area contributed by atoms with Crippen LogP contribution in [0.3, 0.4) is 0 Å². The Morgan fingerprint density at radius 2 is 2.17 bits per heavy atom. The monoisotopic (exact) mass is 335 g/mol. The molecule has 4 nitrogen and oxygen atoms in total. The molecule has 0 radical (unpaired) electrons. The summed E-state index contributed by atoms with van der Waals surface area (Å²) < 4.78 is 34.2. The second-order valence-electron chi connectivity index (χ2n) is 6.03. The van der Waals surface area contributed by atoms with E-state index in [0.29, 0.717) is 30.5 Å². The quantitative estimate of drug-likeness (QED) is 0.811. The van der Waals surface area contributed by atoms with Crippen LogP contribution in [-0.2, 0) is 21.6 Å². The molecule has 0 aliphatic carbocycles. The van der Waals surface area contributed by atoms with Crippen molar-refractivity contribution in [3.63, 3.8) is 0 Å². The first-order chi connectivity index (χ1) is 11.5. The molecule has 6 heteroatoms. The minimum absolute atomic E-state index is 0.0753. The third-order valence-corrected chi connectivity index (χ3v) is 4.53. The van der Waals surface area contributed by atoms with Gasteiger partial charge in [0.2, 0.25) is 0 Å². The molecule has 0 saturated heterocycles. The second-order valence-corrected chi connectivity index (χ2v) is 6.03. The molecule has 2 N–H and O–H groups in total. The number of aromatic nitrogens is 1. The first-order valence-electron chi connectivity index (χ1n) is 7.94. The zero-order valence-electron chi connectivity index (χ0n) is 13.4. The van der Waals surface area contributed by atoms with E-state index in [4.69, 9.17) is 4.74 Å². The number of H-pyrrole nitrogens is 1. The van der Waals surface area contributed by atoms with E-state index in [1.165, 1.54) is 0 Å². The van der Waals surface area contributed by atoms with E-state index in [2.05, 4.69) is 4.98 Å². The number of aliphatic carboxylic acids is 1. The Morgan fingerprint density at radius 1 is 1.42 bits per heavy atom. The van der Waals surface area contributed by atoms with Gasteiger partial charge >= 0.3 is 5.97 Å². The number of carboxylic acids is 1. The van der Waals surface area contributed by atoms with E-state index in [0.717, 1.165) is 12.1 Å². The second kappa shape index (κ2) is 6.36. The highest BCUT2D eigenvalue weighted by atomic mass is 19.1. The van der Waals surface area contributed by atoms with Gasteiger partial charge < -0.3 is 14.8 Å². The maximum absolute atomic E-state index is 14.3. The lowest BCUT2D eigenvalue weighted by Crippen LogP contribution is -2.38. The van der Waals surface area contributed by atoms with E-state index in [1.807, 2.05) is 19.1 Å². The van der Waals surface area contributed by atoms with Crippen LogP contribution in [0.25, 0.3) is 10.9 Å². The Hall–Kier alpha value is -2.21. The minimum atomic E-state index is -1.10. The number of carbonyl (C=O) groups is 1. The molecule has 2 heterocycles. The fraction of sp³-hybridized carbons (Fsp3) is 0.389. The van der Waals surface area contributed by atoms with Gasteiger partial charge in [0, 0.05) is 5.39 Å². The summed E-state index contributed by atoms with van der Waals surface area (Å²) in [4.78, 5) is 14.3. The Balaban J connectivity index is 2.19. The molecule has 1 aliphatic heterocycles. The summed E-state index contributed by atoms with van der Waals surface area (Å²) in [7, 11) is 0. The predicted octanol–water partition coefficient (Wildman–Crippen LogP) is 4.05.